The minimum Gasteiger partial charge on any atom is -0.324 e. The molecular weight excluding hydrogens is 230 g/mol. The van der Waals surface area contributed by atoms with Gasteiger partial charge in [0.05, 0.1) is 0 Å². The molecule has 0 fully saturated rings. The molecule has 0 heterocycles. The average Bonchev–Trinajstić information content (AvgIpc) is 2.35. The second-order valence-corrected chi connectivity index (χ2v) is 5.57. The molecule has 1 nitrogen and oxygen atoms in total. The van der Waals surface area contributed by atoms with Gasteiger partial charge in [0.2, 0.25) is 0 Å². The fourth-order valence-corrected chi connectivity index (χ4v) is 2.47. The van der Waals surface area contributed by atoms with E-state index in [4.69, 9.17) is 5.73 Å². The molecule has 0 aliphatic rings. The quantitative estimate of drug-likeness (QED) is 0.755. The predicted octanol–water partition coefficient (Wildman–Crippen LogP) is 4.78. The van der Waals surface area contributed by atoms with Gasteiger partial charge >= 0.3 is 0 Å². The standard InChI is InChI=1S/C18H27N/c1-7-13(4)17(19)11-16(12(2)3)18-14(5)9-8-10-15(18)6/h8-10,17H,4,7,11,19H2,1-3,5-6H3. The summed E-state index contributed by atoms with van der Waals surface area (Å²) in [6.45, 7) is 14.9. The zero-order valence-corrected chi connectivity index (χ0v) is 13.0. The number of benzene rings is 1. The summed E-state index contributed by atoms with van der Waals surface area (Å²) >= 11 is 0. The van der Waals surface area contributed by atoms with Gasteiger partial charge in [0.15, 0.2) is 0 Å². The minimum absolute atomic E-state index is 0.0499. The van der Waals surface area contributed by atoms with Crippen molar-refractivity contribution in [3.8, 4) is 0 Å². The topological polar surface area (TPSA) is 26.0 Å². The van der Waals surface area contributed by atoms with Crippen LogP contribution in [-0.2, 0) is 0 Å². The summed E-state index contributed by atoms with van der Waals surface area (Å²) in [5, 5.41) is 0. The van der Waals surface area contributed by atoms with Gasteiger partial charge in [0, 0.05) is 6.04 Å². The van der Waals surface area contributed by atoms with Gasteiger partial charge in [0.1, 0.15) is 0 Å². The zero-order valence-electron chi connectivity index (χ0n) is 13.0. The van der Waals surface area contributed by atoms with Crippen LogP contribution in [0.3, 0.4) is 0 Å². The highest BCUT2D eigenvalue weighted by atomic mass is 14.6. The Balaban J connectivity index is 3.18. The van der Waals surface area contributed by atoms with Gasteiger partial charge in [-0.3, -0.25) is 0 Å². The number of aryl methyl sites for hydroxylation is 2. The van der Waals surface area contributed by atoms with Gasteiger partial charge < -0.3 is 5.73 Å². The molecule has 1 aromatic carbocycles. The van der Waals surface area contributed by atoms with E-state index in [1.807, 2.05) is 0 Å². The van der Waals surface area contributed by atoms with Crippen LogP contribution in [0.4, 0.5) is 0 Å². The molecule has 2 N–H and O–H groups in total. The van der Waals surface area contributed by atoms with E-state index in [-0.39, 0.29) is 6.04 Å². The molecule has 0 amide bonds. The van der Waals surface area contributed by atoms with Crippen LogP contribution >= 0.6 is 0 Å². The Bertz CT molecular complexity index is 470. The van der Waals surface area contributed by atoms with Gasteiger partial charge in [-0.1, -0.05) is 42.8 Å². The third-order valence-electron chi connectivity index (χ3n) is 3.79. The number of nitrogens with two attached hydrogens (primary N) is 1. The Labute approximate surface area is 118 Å². The first-order valence-electron chi connectivity index (χ1n) is 7.04. The predicted molar refractivity (Wildman–Crippen MR) is 86.2 cm³/mol. The van der Waals surface area contributed by atoms with E-state index >= 15 is 0 Å². The van der Waals surface area contributed by atoms with Gasteiger partial charge in [-0.05, 0) is 62.8 Å². The van der Waals surface area contributed by atoms with Crippen molar-refractivity contribution in [2.45, 2.75) is 53.5 Å². The van der Waals surface area contributed by atoms with Crippen LogP contribution in [0, 0.1) is 13.8 Å². The molecule has 19 heavy (non-hydrogen) atoms. The summed E-state index contributed by atoms with van der Waals surface area (Å²) in [5.41, 5.74) is 14.1. The largest absolute Gasteiger partial charge is 0.324 e. The monoisotopic (exact) mass is 257 g/mol. The maximum atomic E-state index is 6.27. The molecule has 0 radical (unpaired) electrons. The Morgan fingerprint density at radius 2 is 1.74 bits per heavy atom. The van der Waals surface area contributed by atoms with Crippen molar-refractivity contribution in [1.29, 1.82) is 0 Å². The van der Waals surface area contributed by atoms with E-state index in [9.17, 15) is 0 Å². The molecule has 0 bridgehead atoms. The summed E-state index contributed by atoms with van der Waals surface area (Å²) in [4.78, 5) is 0. The number of hydrogen-bond acceptors (Lipinski definition) is 1. The molecule has 0 spiro atoms. The molecule has 0 aromatic heterocycles. The Kier molecular flexibility index (Phi) is 5.56. The SMILES string of the molecule is C=C(CC)C(N)CC(=C(C)C)c1c(C)cccc1C. The first kappa shape index (κ1) is 15.7. The van der Waals surface area contributed by atoms with Gasteiger partial charge in [-0.15, -0.1) is 0 Å². The van der Waals surface area contributed by atoms with Gasteiger partial charge in [-0.25, -0.2) is 0 Å². The highest BCUT2D eigenvalue weighted by Crippen LogP contribution is 2.30. The number of rotatable bonds is 5. The van der Waals surface area contributed by atoms with E-state index in [1.165, 1.54) is 27.8 Å². The second-order valence-electron chi connectivity index (χ2n) is 5.57. The highest BCUT2D eigenvalue weighted by molar-refractivity contribution is 5.73. The van der Waals surface area contributed by atoms with E-state index in [0.29, 0.717) is 0 Å². The minimum atomic E-state index is 0.0499. The lowest BCUT2D eigenvalue weighted by Gasteiger charge is -2.21. The molecule has 104 valence electrons. The third-order valence-corrected chi connectivity index (χ3v) is 3.79. The Morgan fingerprint density at radius 1 is 1.21 bits per heavy atom. The van der Waals surface area contributed by atoms with Crippen LogP contribution < -0.4 is 5.73 Å². The number of hydrogen-bond donors (Lipinski definition) is 1. The third kappa shape index (κ3) is 3.81. The highest BCUT2D eigenvalue weighted by Gasteiger charge is 2.14. The van der Waals surface area contributed by atoms with Crippen molar-refractivity contribution >= 4 is 5.57 Å². The van der Waals surface area contributed by atoms with Crippen molar-refractivity contribution in [2.75, 3.05) is 0 Å². The maximum absolute atomic E-state index is 6.27. The fourth-order valence-electron chi connectivity index (χ4n) is 2.47. The lowest BCUT2D eigenvalue weighted by Crippen LogP contribution is -2.22. The van der Waals surface area contributed by atoms with Gasteiger partial charge in [0.25, 0.3) is 0 Å². The molecule has 0 aliphatic carbocycles. The van der Waals surface area contributed by atoms with E-state index in [0.717, 1.165) is 18.4 Å². The average molecular weight is 257 g/mol. The molecular formula is C18H27N. The molecule has 0 saturated heterocycles. The van der Waals surface area contributed by atoms with E-state index in [1.54, 1.807) is 0 Å². The summed E-state index contributed by atoms with van der Waals surface area (Å²) < 4.78 is 0. The van der Waals surface area contributed by atoms with Crippen molar-refractivity contribution in [1.82, 2.24) is 0 Å². The van der Waals surface area contributed by atoms with Crippen LogP contribution in [0.5, 0.6) is 0 Å². The first-order valence-corrected chi connectivity index (χ1v) is 7.04. The van der Waals surface area contributed by atoms with E-state index in [2.05, 4.69) is 59.4 Å². The Hall–Kier alpha value is -1.34. The molecule has 1 heteroatoms. The van der Waals surface area contributed by atoms with Gasteiger partial charge in [-0.2, -0.15) is 0 Å². The Morgan fingerprint density at radius 3 is 2.16 bits per heavy atom. The molecule has 0 aliphatic heterocycles. The zero-order chi connectivity index (χ0) is 14.6. The fraction of sp³-hybridized carbons (Fsp3) is 0.444. The van der Waals surface area contributed by atoms with Crippen molar-refractivity contribution in [3.63, 3.8) is 0 Å². The molecule has 0 saturated carbocycles. The normalized spacial score (nSPS) is 12.1. The summed E-state index contributed by atoms with van der Waals surface area (Å²) in [7, 11) is 0. The van der Waals surface area contributed by atoms with Crippen molar-refractivity contribution in [2.24, 2.45) is 5.73 Å². The maximum Gasteiger partial charge on any atom is 0.0292 e. The summed E-state index contributed by atoms with van der Waals surface area (Å²) in [6, 6.07) is 6.51. The smallest absolute Gasteiger partial charge is 0.0292 e. The molecule has 1 rings (SSSR count). The van der Waals surface area contributed by atoms with Crippen LogP contribution in [0.1, 0.15) is 50.3 Å². The lowest BCUT2D eigenvalue weighted by atomic mass is 9.87. The van der Waals surface area contributed by atoms with E-state index < -0.39 is 0 Å². The lowest BCUT2D eigenvalue weighted by molar-refractivity contribution is 0.760. The number of allylic oxidation sites excluding steroid dienone is 1. The van der Waals surface area contributed by atoms with Crippen LogP contribution in [0.25, 0.3) is 5.57 Å². The molecule has 1 aromatic rings. The van der Waals surface area contributed by atoms with Crippen molar-refractivity contribution in [3.05, 3.63) is 52.6 Å². The van der Waals surface area contributed by atoms with Crippen LogP contribution in [0.2, 0.25) is 0 Å². The summed E-state index contributed by atoms with van der Waals surface area (Å²) in [5.74, 6) is 0. The van der Waals surface area contributed by atoms with Crippen molar-refractivity contribution < 1.29 is 0 Å². The van der Waals surface area contributed by atoms with Crippen LogP contribution in [0.15, 0.2) is 35.9 Å². The first-order chi connectivity index (χ1) is 8.88. The second kappa shape index (κ2) is 6.72. The molecule has 1 unspecified atom stereocenters. The molecule has 1 atom stereocenters. The van der Waals surface area contributed by atoms with Crippen LogP contribution in [-0.4, -0.2) is 6.04 Å². The summed E-state index contributed by atoms with van der Waals surface area (Å²) in [6.07, 6.45) is 1.82.